The Hall–Kier alpha value is -1.06. The average molecular weight is 249 g/mol. The third-order valence-electron chi connectivity index (χ3n) is 2.75. The molecule has 92 valence electrons. The molecule has 0 saturated carbocycles. The molecule has 0 N–H and O–H groups in total. The van der Waals surface area contributed by atoms with Gasteiger partial charge in [-0.25, -0.2) is 0 Å². The van der Waals surface area contributed by atoms with E-state index in [1.807, 2.05) is 23.5 Å². The van der Waals surface area contributed by atoms with Gasteiger partial charge < -0.3 is 4.42 Å². The molecule has 0 radical (unpaired) electrons. The minimum absolute atomic E-state index is 0.908. The Bertz CT molecular complexity index is 358. The van der Waals surface area contributed by atoms with Gasteiger partial charge >= 0.3 is 0 Å². The van der Waals surface area contributed by atoms with Gasteiger partial charge in [0.15, 0.2) is 0 Å². The molecule has 17 heavy (non-hydrogen) atoms. The zero-order chi connectivity index (χ0) is 11.9. The SMILES string of the molecule is CCCCN(Cc1ccco1)Cc1cccs1. The number of rotatable bonds is 7. The molecule has 0 aliphatic rings. The van der Waals surface area contributed by atoms with Gasteiger partial charge in [-0.1, -0.05) is 19.4 Å². The summed E-state index contributed by atoms with van der Waals surface area (Å²) in [5.74, 6) is 1.05. The molecule has 0 amide bonds. The summed E-state index contributed by atoms with van der Waals surface area (Å²) < 4.78 is 5.42. The van der Waals surface area contributed by atoms with Crippen molar-refractivity contribution in [2.45, 2.75) is 32.9 Å². The summed E-state index contributed by atoms with van der Waals surface area (Å²) in [4.78, 5) is 3.88. The van der Waals surface area contributed by atoms with Crippen molar-refractivity contribution in [1.82, 2.24) is 4.90 Å². The van der Waals surface area contributed by atoms with Gasteiger partial charge in [0, 0.05) is 11.4 Å². The van der Waals surface area contributed by atoms with Crippen molar-refractivity contribution in [3.63, 3.8) is 0 Å². The van der Waals surface area contributed by atoms with E-state index in [-0.39, 0.29) is 0 Å². The summed E-state index contributed by atoms with van der Waals surface area (Å²) in [6.07, 6.45) is 4.23. The molecule has 0 fully saturated rings. The maximum atomic E-state index is 5.42. The van der Waals surface area contributed by atoms with Gasteiger partial charge in [0.1, 0.15) is 5.76 Å². The lowest BCUT2D eigenvalue weighted by Gasteiger charge is -2.20. The first kappa shape index (κ1) is 12.4. The molecule has 0 aliphatic carbocycles. The van der Waals surface area contributed by atoms with E-state index in [2.05, 4.69) is 29.3 Å². The van der Waals surface area contributed by atoms with E-state index in [0.717, 1.165) is 25.4 Å². The molecule has 2 aromatic heterocycles. The van der Waals surface area contributed by atoms with Crippen LogP contribution in [0.1, 0.15) is 30.4 Å². The minimum atomic E-state index is 0.908. The number of nitrogens with zero attached hydrogens (tertiary/aromatic N) is 1. The molecule has 0 spiro atoms. The van der Waals surface area contributed by atoms with Gasteiger partial charge in [0.05, 0.1) is 12.8 Å². The highest BCUT2D eigenvalue weighted by molar-refractivity contribution is 7.09. The van der Waals surface area contributed by atoms with Crippen molar-refractivity contribution in [2.75, 3.05) is 6.54 Å². The van der Waals surface area contributed by atoms with E-state index >= 15 is 0 Å². The fraction of sp³-hybridized carbons (Fsp3) is 0.429. The number of furan rings is 1. The third-order valence-corrected chi connectivity index (χ3v) is 3.61. The smallest absolute Gasteiger partial charge is 0.117 e. The topological polar surface area (TPSA) is 16.4 Å². The van der Waals surface area contributed by atoms with Crippen LogP contribution in [0.25, 0.3) is 0 Å². The van der Waals surface area contributed by atoms with Gasteiger partial charge in [-0.05, 0) is 36.5 Å². The Balaban J connectivity index is 1.92. The van der Waals surface area contributed by atoms with E-state index in [4.69, 9.17) is 4.42 Å². The molecule has 0 atom stereocenters. The first-order valence-electron chi connectivity index (χ1n) is 6.15. The zero-order valence-corrected chi connectivity index (χ0v) is 11.1. The Morgan fingerprint density at radius 1 is 1.24 bits per heavy atom. The van der Waals surface area contributed by atoms with Gasteiger partial charge in [-0.15, -0.1) is 11.3 Å². The maximum absolute atomic E-state index is 5.42. The van der Waals surface area contributed by atoms with Gasteiger partial charge in [0.2, 0.25) is 0 Å². The Labute approximate surface area is 107 Å². The first-order chi connectivity index (χ1) is 8.38. The Kier molecular flexibility index (Phi) is 4.83. The van der Waals surface area contributed by atoms with Crippen molar-refractivity contribution in [1.29, 1.82) is 0 Å². The van der Waals surface area contributed by atoms with Crippen molar-refractivity contribution in [2.24, 2.45) is 0 Å². The van der Waals surface area contributed by atoms with Gasteiger partial charge in [-0.2, -0.15) is 0 Å². The van der Waals surface area contributed by atoms with Crippen LogP contribution in [0.15, 0.2) is 40.3 Å². The molecule has 0 unspecified atom stereocenters. The van der Waals surface area contributed by atoms with Crippen LogP contribution >= 0.6 is 11.3 Å². The maximum Gasteiger partial charge on any atom is 0.117 e. The highest BCUT2D eigenvalue weighted by Gasteiger charge is 2.08. The third kappa shape index (κ3) is 4.02. The van der Waals surface area contributed by atoms with Crippen LogP contribution in [-0.4, -0.2) is 11.4 Å². The fourth-order valence-electron chi connectivity index (χ4n) is 1.84. The van der Waals surface area contributed by atoms with E-state index in [0.29, 0.717) is 0 Å². The molecule has 2 rings (SSSR count). The molecule has 2 nitrogen and oxygen atoms in total. The molecule has 2 heterocycles. The summed E-state index contributed by atoms with van der Waals surface area (Å²) in [6, 6.07) is 8.32. The number of hydrogen-bond acceptors (Lipinski definition) is 3. The lowest BCUT2D eigenvalue weighted by molar-refractivity contribution is 0.234. The van der Waals surface area contributed by atoms with Crippen molar-refractivity contribution in [3.8, 4) is 0 Å². The molecular formula is C14H19NOS. The second kappa shape index (κ2) is 6.62. The normalized spacial score (nSPS) is 11.2. The van der Waals surface area contributed by atoms with E-state index in [1.165, 1.54) is 17.7 Å². The lowest BCUT2D eigenvalue weighted by atomic mass is 10.3. The highest BCUT2D eigenvalue weighted by atomic mass is 32.1. The fourth-order valence-corrected chi connectivity index (χ4v) is 2.59. The van der Waals surface area contributed by atoms with E-state index in [9.17, 15) is 0 Å². The van der Waals surface area contributed by atoms with Crippen LogP contribution in [0.2, 0.25) is 0 Å². The zero-order valence-electron chi connectivity index (χ0n) is 10.3. The van der Waals surface area contributed by atoms with Gasteiger partial charge in [-0.3, -0.25) is 4.90 Å². The number of thiophene rings is 1. The predicted molar refractivity (Wildman–Crippen MR) is 72.0 cm³/mol. The highest BCUT2D eigenvalue weighted by Crippen LogP contribution is 2.15. The van der Waals surface area contributed by atoms with Crippen molar-refractivity contribution >= 4 is 11.3 Å². The van der Waals surface area contributed by atoms with Crippen LogP contribution in [-0.2, 0) is 13.1 Å². The standard InChI is InChI=1S/C14H19NOS/c1-2-3-8-15(11-13-6-4-9-16-13)12-14-7-5-10-17-14/h4-7,9-10H,2-3,8,11-12H2,1H3. The predicted octanol–water partition coefficient (Wildman–Crippen LogP) is 4.14. The van der Waals surface area contributed by atoms with Crippen LogP contribution in [0.5, 0.6) is 0 Å². The Morgan fingerprint density at radius 3 is 2.82 bits per heavy atom. The number of unbranched alkanes of at least 4 members (excludes halogenated alkanes) is 1. The van der Waals surface area contributed by atoms with Gasteiger partial charge in [0.25, 0.3) is 0 Å². The van der Waals surface area contributed by atoms with Crippen LogP contribution in [0, 0.1) is 0 Å². The summed E-state index contributed by atoms with van der Waals surface area (Å²) in [5.41, 5.74) is 0. The molecule has 2 aromatic rings. The average Bonchev–Trinajstić information content (AvgIpc) is 2.99. The quantitative estimate of drug-likeness (QED) is 0.733. The Morgan fingerprint density at radius 2 is 2.18 bits per heavy atom. The lowest BCUT2D eigenvalue weighted by Crippen LogP contribution is -2.23. The summed E-state index contributed by atoms with van der Waals surface area (Å²) in [7, 11) is 0. The van der Waals surface area contributed by atoms with Crippen molar-refractivity contribution in [3.05, 3.63) is 46.5 Å². The largest absolute Gasteiger partial charge is 0.468 e. The minimum Gasteiger partial charge on any atom is -0.468 e. The first-order valence-corrected chi connectivity index (χ1v) is 7.03. The van der Waals surface area contributed by atoms with E-state index < -0.39 is 0 Å². The summed E-state index contributed by atoms with van der Waals surface area (Å²) in [5, 5.41) is 2.14. The van der Waals surface area contributed by atoms with Crippen LogP contribution in [0.4, 0.5) is 0 Å². The second-order valence-electron chi connectivity index (χ2n) is 4.22. The van der Waals surface area contributed by atoms with Crippen molar-refractivity contribution < 1.29 is 4.42 Å². The summed E-state index contributed by atoms with van der Waals surface area (Å²) >= 11 is 1.83. The summed E-state index contributed by atoms with van der Waals surface area (Å²) in [6.45, 7) is 5.30. The molecule has 0 saturated heterocycles. The monoisotopic (exact) mass is 249 g/mol. The molecule has 0 aromatic carbocycles. The molecular weight excluding hydrogens is 230 g/mol. The number of hydrogen-bond donors (Lipinski definition) is 0. The second-order valence-corrected chi connectivity index (χ2v) is 5.26. The van der Waals surface area contributed by atoms with E-state index in [1.54, 1.807) is 6.26 Å². The van der Waals surface area contributed by atoms with Crippen LogP contribution in [0.3, 0.4) is 0 Å². The molecule has 0 bridgehead atoms. The molecule has 3 heteroatoms. The molecule has 0 aliphatic heterocycles. The van der Waals surface area contributed by atoms with Crippen LogP contribution < -0.4 is 0 Å².